The van der Waals surface area contributed by atoms with Crippen molar-refractivity contribution in [2.45, 2.75) is 32.6 Å². The fourth-order valence-corrected chi connectivity index (χ4v) is 2.10. The van der Waals surface area contributed by atoms with Crippen molar-refractivity contribution in [1.29, 1.82) is 0 Å². The summed E-state index contributed by atoms with van der Waals surface area (Å²) in [6, 6.07) is 5.43. The maximum atomic E-state index is 10.9. The summed E-state index contributed by atoms with van der Waals surface area (Å²) < 4.78 is 0. The highest BCUT2D eigenvalue weighted by Gasteiger charge is 2.18. The Morgan fingerprint density at radius 2 is 2.24 bits per heavy atom. The molecular weight excluding hydrogens is 216 g/mol. The molecule has 0 heterocycles. The lowest BCUT2D eigenvalue weighted by molar-refractivity contribution is -0.385. The van der Waals surface area contributed by atoms with Crippen molar-refractivity contribution in [1.82, 2.24) is 0 Å². The number of nitro groups is 1. The Labute approximate surface area is 101 Å². The van der Waals surface area contributed by atoms with E-state index in [0.717, 1.165) is 23.7 Å². The Hall–Kier alpha value is -1.58. The van der Waals surface area contributed by atoms with Gasteiger partial charge in [-0.3, -0.25) is 10.1 Å². The third-order valence-corrected chi connectivity index (χ3v) is 3.48. The number of aryl methyl sites for hydroxylation is 1. The van der Waals surface area contributed by atoms with Gasteiger partial charge in [0.1, 0.15) is 0 Å². The molecule has 0 amide bonds. The van der Waals surface area contributed by atoms with Crippen LogP contribution in [0.15, 0.2) is 18.2 Å². The Bertz CT molecular complexity index is 414. The van der Waals surface area contributed by atoms with E-state index in [-0.39, 0.29) is 10.6 Å². The second kappa shape index (κ2) is 5.17. The van der Waals surface area contributed by atoms with E-state index >= 15 is 0 Å². The molecule has 1 saturated carbocycles. The molecule has 1 aliphatic carbocycles. The van der Waals surface area contributed by atoms with Gasteiger partial charge in [-0.05, 0) is 31.2 Å². The first-order chi connectivity index (χ1) is 8.20. The van der Waals surface area contributed by atoms with Crippen LogP contribution >= 0.6 is 0 Å². The first-order valence-electron chi connectivity index (χ1n) is 6.22. The maximum absolute atomic E-state index is 10.9. The zero-order chi connectivity index (χ0) is 12.3. The molecule has 1 aromatic rings. The van der Waals surface area contributed by atoms with Gasteiger partial charge in [-0.25, -0.2) is 0 Å². The average Bonchev–Trinajstić information content (AvgIpc) is 2.26. The second-order valence-corrected chi connectivity index (χ2v) is 4.63. The van der Waals surface area contributed by atoms with Crippen molar-refractivity contribution >= 4 is 11.4 Å². The van der Waals surface area contributed by atoms with Crippen molar-refractivity contribution in [3.05, 3.63) is 33.9 Å². The van der Waals surface area contributed by atoms with Crippen LogP contribution < -0.4 is 5.32 Å². The summed E-state index contributed by atoms with van der Waals surface area (Å²) in [5.74, 6) is 0.750. The fraction of sp³-hybridized carbons (Fsp3) is 0.538. The minimum Gasteiger partial charge on any atom is -0.385 e. The molecule has 1 N–H and O–H groups in total. The minimum atomic E-state index is -0.298. The molecule has 17 heavy (non-hydrogen) atoms. The highest BCUT2D eigenvalue weighted by molar-refractivity contribution is 5.55. The van der Waals surface area contributed by atoms with Gasteiger partial charge in [0.15, 0.2) is 0 Å². The van der Waals surface area contributed by atoms with E-state index < -0.39 is 0 Å². The summed E-state index contributed by atoms with van der Waals surface area (Å²) in [5, 5.41) is 14.2. The smallest absolute Gasteiger partial charge is 0.274 e. The summed E-state index contributed by atoms with van der Waals surface area (Å²) in [7, 11) is 0. The van der Waals surface area contributed by atoms with Gasteiger partial charge in [-0.2, -0.15) is 0 Å². The van der Waals surface area contributed by atoms with Gasteiger partial charge in [0, 0.05) is 23.9 Å². The van der Waals surface area contributed by atoms with Crippen LogP contribution in [0.1, 0.15) is 31.7 Å². The van der Waals surface area contributed by atoms with Gasteiger partial charge in [0.25, 0.3) is 5.69 Å². The molecule has 1 aromatic carbocycles. The van der Waals surface area contributed by atoms with Crippen LogP contribution in [-0.4, -0.2) is 11.5 Å². The molecule has 0 saturated heterocycles. The van der Waals surface area contributed by atoms with Crippen molar-refractivity contribution < 1.29 is 4.92 Å². The molecule has 0 spiro atoms. The maximum Gasteiger partial charge on any atom is 0.274 e. The number of hydrogen-bond donors (Lipinski definition) is 1. The number of nitrogens with one attached hydrogen (secondary N) is 1. The van der Waals surface area contributed by atoms with Crippen molar-refractivity contribution in [3.63, 3.8) is 0 Å². The summed E-state index contributed by atoms with van der Waals surface area (Å²) >= 11 is 0. The highest BCUT2D eigenvalue weighted by Crippen LogP contribution is 2.28. The van der Waals surface area contributed by atoms with Crippen molar-refractivity contribution in [2.24, 2.45) is 5.92 Å². The normalized spacial score (nSPS) is 15.4. The molecule has 0 unspecified atom stereocenters. The van der Waals surface area contributed by atoms with Crippen LogP contribution in [0, 0.1) is 16.0 Å². The Kier molecular flexibility index (Phi) is 3.61. The van der Waals surface area contributed by atoms with Gasteiger partial charge < -0.3 is 5.32 Å². The van der Waals surface area contributed by atoms with E-state index in [1.807, 2.05) is 19.1 Å². The minimum absolute atomic E-state index is 0.228. The quantitative estimate of drug-likeness (QED) is 0.627. The molecular formula is C13H18N2O2. The molecule has 1 fully saturated rings. The molecule has 1 aliphatic rings. The number of nitrogens with zero attached hydrogens (tertiary/aromatic N) is 1. The van der Waals surface area contributed by atoms with E-state index in [9.17, 15) is 10.1 Å². The Balaban J connectivity index is 2.06. The third-order valence-electron chi connectivity index (χ3n) is 3.48. The first-order valence-corrected chi connectivity index (χ1v) is 6.22. The fourth-order valence-electron chi connectivity index (χ4n) is 2.10. The SMILES string of the molecule is CCc1ccc(NCC2CCC2)cc1[N+](=O)[O-]. The molecule has 92 valence electrons. The molecule has 2 rings (SSSR count). The van der Waals surface area contributed by atoms with Gasteiger partial charge in [0.2, 0.25) is 0 Å². The van der Waals surface area contributed by atoms with Crippen molar-refractivity contribution in [3.8, 4) is 0 Å². The van der Waals surface area contributed by atoms with Crippen LogP contribution in [0.3, 0.4) is 0 Å². The number of anilines is 1. The van der Waals surface area contributed by atoms with Crippen LogP contribution in [0.25, 0.3) is 0 Å². The predicted molar refractivity (Wildman–Crippen MR) is 68.3 cm³/mol. The Morgan fingerprint density at radius 1 is 1.47 bits per heavy atom. The van der Waals surface area contributed by atoms with Crippen molar-refractivity contribution in [2.75, 3.05) is 11.9 Å². The second-order valence-electron chi connectivity index (χ2n) is 4.63. The number of benzene rings is 1. The molecule has 4 nitrogen and oxygen atoms in total. The van der Waals surface area contributed by atoms with E-state index in [1.54, 1.807) is 6.07 Å². The highest BCUT2D eigenvalue weighted by atomic mass is 16.6. The topological polar surface area (TPSA) is 55.2 Å². The van der Waals surface area contributed by atoms with Crippen LogP contribution in [0.4, 0.5) is 11.4 Å². The largest absolute Gasteiger partial charge is 0.385 e. The average molecular weight is 234 g/mol. The molecule has 0 aliphatic heterocycles. The third kappa shape index (κ3) is 2.75. The van der Waals surface area contributed by atoms with Gasteiger partial charge in [0.05, 0.1) is 4.92 Å². The Morgan fingerprint density at radius 3 is 2.76 bits per heavy atom. The lowest BCUT2D eigenvalue weighted by atomic mass is 9.85. The lowest BCUT2D eigenvalue weighted by Crippen LogP contribution is -2.20. The summed E-state index contributed by atoms with van der Waals surface area (Å²) in [6.07, 6.45) is 4.57. The molecule has 4 heteroatoms. The van der Waals surface area contributed by atoms with Gasteiger partial charge in [-0.15, -0.1) is 0 Å². The standard InChI is InChI=1S/C13H18N2O2/c1-2-11-6-7-12(8-13(11)15(16)17)14-9-10-4-3-5-10/h6-8,10,14H,2-5,9H2,1H3. The zero-order valence-corrected chi connectivity index (χ0v) is 10.1. The number of hydrogen-bond acceptors (Lipinski definition) is 3. The van der Waals surface area contributed by atoms with Gasteiger partial charge in [-0.1, -0.05) is 19.4 Å². The molecule has 0 aromatic heterocycles. The summed E-state index contributed by atoms with van der Waals surface area (Å²) in [4.78, 5) is 10.6. The molecule has 0 bridgehead atoms. The van der Waals surface area contributed by atoms with Gasteiger partial charge >= 0.3 is 0 Å². The van der Waals surface area contributed by atoms with E-state index in [1.165, 1.54) is 19.3 Å². The van der Waals surface area contributed by atoms with E-state index in [0.29, 0.717) is 6.42 Å². The van der Waals surface area contributed by atoms with Crippen LogP contribution in [0.2, 0.25) is 0 Å². The lowest BCUT2D eigenvalue weighted by Gasteiger charge is -2.25. The monoisotopic (exact) mass is 234 g/mol. The molecule has 0 radical (unpaired) electrons. The van der Waals surface area contributed by atoms with Crippen LogP contribution in [0.5, 0.6) is 0 Å². The summed E-state index contributed by atoms with van der Waals surface area (Å²) in [5.41, 5.74) is 1.89. The van der Waals surface area contributed by atoms with E-state index in [2.05, 4.69) is 5.32 Å². The van der Waals surface area contributed by atoms with Crippen LogP contribution in [-0.2, 0) is 6.42 Å². The van der Waals surface area contributed by atoms with E-state index in [4.69, 9.17) is 0 Å². The first kappa shape index (κ1) is 11.9. The molecule has 0 atom stereocenters. The number of nitro benzene ring substituents is 1. The zero-order valence-electron chi connectivity index (χ0n) is 10.1. The number of rotatable bonds is 5. The summed E-state index contributed by atoms with van der Waals surface area (Å²) in [6.45, 7) is 2.87. The predicted octanol–water partition coefficient (Wildman–Crippen LogP) is 3.37.